The first-order valence-electron chi connectivity index (χ1n) is 7.73. The lowest BCUT2D eigenvalue weighted by Crippen LogP contribution is -2.29. The minimum Gasteiger partial charge on any atom is -0.356 e. The van der Waals surface area contributed by atoms with Gasteiger partial charge in [0.2, 0.25) is 5.91 Å². The van der Waals surface area contributed by atoms with Crippen LogP contribution < -0.4 is 10.6 Å². The van der Waals surface area contributed by atoms with E-state index >= 15 is 0 Å². The summed E-state index contributed by atoms with van der Waals surface area (Å²) in [6.45, 7) is 2.55. The van der Waals surface area contributed by atoms with Crippen molar-refractivity contribution in [3.8, 4) is 0 Å². The van der Waals surface area contributed by atoms with Gasteiger partial charge in [0.25, 0.3) is 5.91 Å². The fraction of sp³-hybridized carbons (Fsp3) is 0.375. The van der Waals surface area contributed by atoms with Gasteiger partial charge in [-0.3, -0.25) is 9.59 Å². The average molecular weight is 362 g/mol. The van der Waals surface area contributed by atoms with Gasteiger partial charge in [0.05, 0.1) is 12.5 Å². The molecule has 0 spiro atoms. The van der Waals surface area contributed by atoms with Crippen LogP contribution in [0, 0.1) is 6.92 Å². The molecule has 0 bridgehead atoms. The van der Waals surface area contributed by atoms with E-state index < -0.39 is 0 Å². The summed E-state index contributed by atoms with van der Waals surface area (Å²) < 4.78 is 0.962. The summed E-state index contributed by atoms with van der Waals surface area (Å²) in [4.78, 5) is 23.9. The number of hydrogen-bond acceptors (Lipinski definition) is 6. The van der Waals surface area contributed by atoms with Gasteiger partial charge in [-0.25, -0.2) is 0 Å². The molecule has 0 fully saturated rings. The number of rotatable bonds is 7. The van der Waals surface area contributed by atoms with Crippen LogP contribution in [0.15, 0.2) is 28.6 Å². The van der Waals surface area contributed by atoms with Crippen LogP contribution in [-0.2, 0) is 4.79 Å². The Kier molecular flexibility index (Phi) is 5.47. The second-order valence-corrected chi connectivity index (χ2v) is 7.98. The molecule has 1 aromatic heterocycles. The highest BCUT2D eigenvalue weighted by atomic mass is 32.2. The molecule has 3 rings (SSSR count). The molecule has 0 saturated carbocycles. The average Bonchev–Trinajstić information content (AvgIpc) is 3.12. The lowest BCUT2D eigenvalue weighted by Gasteiger charge is -2.11. The molecule has 8 heteroatoms. The van der Waals surface area contributed by atoms with Crippen molar-refractivity contribution in [2.24, 2.45) is 0 Å². The minimum atomic E-state index is -0.229. The highest BCUT2D eigenvalue weighted by Crippen LogP contribution is 2.27. The van der Waals surface area contributed by atoms with Crippen LogP contribution in [0.4, 0.5) is 0 Å². The van der Waals surface area contributed by atoms with Crippen LogP contribution in [-0.4, -0.2) is 34.3 Å². The zero-order valence-corrected chi connectivity index (χ0v) is 14.9. The summed E-state index contributed by atoms with van der Waals surface area (Å²) in [5.74, 6) is 0.735. The van der Waals surface area contributed by atoms with Crippen molar-refractivity contribution in [2.45, 2.75) is 30.1 Å². The Morgan fingerprint density at radius 1 is 1.38 bits per heavy atom. The standard InChI is InChI=1S/C16H18N4O2S2/c1-10-19-20-16(24-10)23-8-4-7-17-14(21)9-13-11-5-2-3-6-12(11)15(22)18-13/h2-3,5-6,13H,4,7-9H2,1H3,(H,17,21)(H,18,22). The number of aromatic nitrogens is 2. The highest BCUT2D eigenvalue weighted by molar-refractivity contribution is 8.01. The van der Waals surface area contributed by atoms with Gasteiger partial charge in [-0.15, -0.1) is 10.2 Å². The molecule has 1 aliphatic heterocycles. The van der Waals surface area contributed by atoms with Crippen molar-refractivity contribution in [3.63, 3.8) is 0 Å². The van der Waals surface area contributed by atoms with E-state index in [9.17, 15) is 9.59 Å². The molecule has 24 heavy (non-hydrogen) atoms. The van der Waals surface area contributed by atoms with Crippen molar-refractivity contribution >= 4 is 34.9 Å². The van der Waals surface area contributed by atoms with Gasteiger partial charge in [0, 0.05) is 17.9 Å². The fourth-order valence-electron chi connectivity index (χ4n) is 2.54. The summed E-state index contributed by atoms with van der Waals surface area (Å²) in [7, 11) is 0. The molecule has 2 N–H and O–H groups in total. The van der Waals surface area contributed by atoms with Crippen LogP contribution in [0.5, 0.6) is 0 Å². The summed E-state index contributed by atoms with van der Waals surface area (Å²) >= 11 is 3.23. The Bertz CT molecular complexity index is 747. The quantitative estimate of drug-likeness (QED) is 0.583. The Balaban J connectivity index is 1.38. The van der Waals surface area contributed by atoms with E-state index in [4.69, 9.17) is 0 Å². The third-order valence-electron chi connectivity index (χ3n) is 3.65. The van der Waals surface area contributed by atoms with Crippen LogP contribution in [0.2, 0.25) is 0 Å². The lowest BCUT2D eigenvalue weighted by molar-refractivity contribution is -0.121. The second-order valence-electron chi connectivity index (χ2n) is 5.46. The van der Waals surface area contributed by atoms with E-state index in [-0.39, 0.29) is 24.3 Å². The molecule has 2 amide bonds. The largest absolute Gasteiger partial charge is 0.356 e. The third-order valence-corrected chi connectivity index (χ3v) is 5.71. The molecule has 1 atom stereocenters. The molecule has 1 unspecified atom stereocenters. The number of carbonyl (C=O) groups is 2. The molecule has 1 aliphatic rings. The van der Waals surface area contributed by atoms with E-state index in [2.05, 4.69) is 20.8 Å². The first-order chi connectivity index (χ1) is 11.6. The van der Waals surface area contributed by atoms with Crippen molar-refractivity contribution < 1.29 is 9.59 Å². The van der Waals surface area contributed by atoms with Crippen LogP contribution >= 0.6 is 23.1 Å². The van der Waals surface area contributed by atoms with Gasteiger partial charge in [-0.1, -0.05) is 41.3 Å². The van der Waals surface area contributed by atoms with Gasteiger partial charge >= 0.3 is 0 Å². The molecule has 2 heterocycles. The number of nitrogens with one attached hydrogen (secondary N) is 2. The minimum absolute atomic E-state index is 0.0474. The summed E-state index contributed by atoms with van der Waals surface area (Å²) in [5.41, 5.74) is 1.57. The van der Waals surface area contributed by atoms with Gasteiger partial charge in [-0.2, -0.15) is 0 Å². The Labute approximate surface area is 148 Å². The summed E-state index contributed by atoms with van der Waals surface area (Å²) in [6.07, 6.45) is 1.13. The maximum atomic E-state index is 12.1. The molecule has 126 valence electrons. The highest BCUT2D eigenvalue weighted by Gasteiger charge is 2.29. The maximum Gasteiger partial charge on any atom is 0.252 e. The lowest BCUT2D eigenvalue weighted by atomic mass is 10.0. The van der Waals surface area contributed by atoms with E-state index in [1.165, 1.54) is 0 Å². The summed E-state index contributed by atoms with van der Waals surface area (Å²) in [6, 6.07) is 7.17. The fourth-order valence-corrected chi connectivity index (χ4v) is 4.36. The topological polar surface area (TPSA) is 84.0 Å². The smallest absolute Gasteiger partial charge is 0.252 e. The Morgan fingerprint density at radius 3 is 3.00 bits per heavy atom. The zero-order valence-electron chi connectivity index (χ0n) is 13.2. The molecule has 6 nitrogen and oxygen atoms in total. The van der Waals surface area contributed by atoms with Gasteiger partial charge in [0.15, 0.2) is 4.34 Å². The Hall–Kier alpha value is -1.93. The van der Waals surface area contributed by atoms with E-state index in [1.54, 1.807) is 29.2 Å². The maximum absolute atomic E-state index is 12.1. The molecule has 1 aromatic carbocycles. The van der Waals surface area contributed by atoms with Gasteiger partial charge in [0.1, 0.15) is 5.01 Å². The number of nitrogens with zero attached hydrogens (tertiary/aromatic N) is 2. The number of thioether (sulfide) groups is 1. The van der Waals surface area contributed by atoms with Crippen molar-refractivity contribution in [1.29, 1.82) is 0 Å². The van der Waals surface area contributed by atoms with Crippen LogP contribution in [0.1, 0.15) is 39.8 Å². The molecule has 0 saturated heterocycles. The molecule has 0 aliphatic carbocycles. The number of fused-ring (bicyclic) bond motifs is 1. The second kappa shape index (κ2) is 7.76. The van der Waals surface area contributed by atoms with Crippen LogP contribution in [0.25, 0.3) is 0 Å². The molecule has 2 aromatic rings. The number of amides is 2. The monoisotopic (exact) mass is 362 g/mol. The van der Waals surface area contributed by atoms with Gasteiger partial charge in [-0.05, 0) is 25.0 Å². The normalized spacial score (nSPS) is 15.9. The van der Waals surface area contributed by atoms with E-state index in [0.29, 0.717) is 12.1 Å². The van der Waals surface area contributed by atoms with Crippen molar-refractivity contribution in [2.75, 3.05) is 12.3 Å². The molecular formula is C16H18N4O2S2. The SMILES string of the molecule is Cc1nnc(SCCCNC(=O)CC2NC(=O)c3ccccc32)s1. The first-order valence-corrected chi connectivity index (χ1v) is 9.53. The first kappa shape index (κ1) is 16.9. The van der Waals surface area contributed by atoms with Crippen molar-refractivity contribution in [3.05, 3.63) is 40.4 Å². The van der Waals surface area contributed by atoms with E-state index in [1.807, 2.05) is 25.1 Å². The number of hydrogen-bond donors (Lipinski definition) is 2. The zero-order chi connectivity index (χ0) is 16.9. The Morgan fingerprint density at radius 2 is 2.21 bits per heavy atom. The van der Waals surface area contributed by atoms with Crippen LogP contribution in [0.3, 0.4) is 0 Å². The van der Waals surface area contributed by atoms with E-state index in [0.717, 1.165) is 27.1 Å². The van der Waals surface area contributed by atoms with Crippen molar-refractivity contribution in [1.82, 2.24) is 20.8 Å². The molecular weight excluding hydrogens is 344 g/mol. The predicted molar refractivity (Wildman–Crippen MR) is 94.3 cm³/mol. The predicted octanol–water partition coefficient (Wildman–Crippen LogP) is 2.32. The number of carbonyl (C=O) groups excluding carboxylic acids is 2. The third kappa shape index (κ3) is 4.12. The molecule has 0 radical (unpaired) electrons. The number of benzene rings is 1. The van der Waals surface area contributed by atoms with Gasteiger partial charge < -0.3 is 10.6 Å². The number of aryl methyl sites for hydroxylation is 1. The summed E-state index contributed by atoms with van der Waals surface area (Å²) in [5, 5.41) is 14.7.